The Kier molecular flexibility index (Phi) is 6.78. The van der Waals surface area contributed by atoms with Gasteiger partial charge in [0.05, 0.1) is 19.0 Å². The first-order valence-electron chi connectivity index (χ1n) is 12.9. The molecule has 2 heterocycles. The second-order valence-corrected chi connectivity index (χ2v) is 10.7. The normalized spacial score (nSPS) is 29.2. The number of fused-ring (bicyclic) bond motifs is 1. The van der Waals surface area contributed by atoms with E-state index in [0.717, 1.165) is 61.8 Å². The summed E-state index contributed by atoms with van der Waals surface area (Å²) in [6, 6.07) is 10.4. The van der Waals surface area contributed by atoms with E-state index in [9.17, 15) is 4.79 Å². The van der Waals surface area contributed by atoms with Gasteiger partial charge in [0.1, 0.15) is 11.5 Å². The van der Waals surface area contributed by atoms with Gasteiger partial charge in [-0.1, -0.05) is 12.1 Å². The van der Waals surface area contributed by atoms with E-state index in [4.69, 9.17) is 13.9 Å². The highest BCUT2D eigenvalue weighted by Crippen LogP contribution is 2.54. The van der Waals surface area contributed by atoms with E-state index in [1.165, 1.54) is 24.9 Å². The van der Waals surface area contributed by atoms with Crippen molar-refractivity contribution < 1.29 is 18.7 Å². The number of nitrogens with zero attached hydrogens (tertiary/aromatic N) is 1. The molecule has 188 valence electrons. The Hall–Kier alpha value is -2.57. The van der Waals surface area contributed by atoms with Gasteiger partial charge < -0.3 is 24.1 Å². The van der Waals surface area contributed by atoms with Crippen LogP contribution in [0.2, 0.25) is 0 Å². The fourth-order valence-corrected chi connectivity index (χ4v) is 6.44. The van der Waals surface area contributed by atoms with Gasteiger partial charge in [-0.2, -0.15) is 0 Å². The molecule has 2 aromatic rings. The molecule has 1 aromatic heterocycles. The van der Waals surface area contributed by atoms with Crippen molar-refractivity contribution >= 4 is 12.0 Å². The van der Waals surface area contributed by atoms with E-state index >= 15 is 0 Å². The van der Waals surface area contributed by atoms with Crippen LogP contribution < -0.4 is 10.1 Å². The number of aryl methyl sites for hydroxylation is 1. The van der Waals surface area contributed by atoms with Gasteiger partial charge in [0.2, 0.25) is 5.91 Å². The standard InChI is InChI=1S/C29H38N2O4/c1-21-23(12-16-35-21)9-10-27(32)30-25-11-13-29(34-3)20-31(19-22-7-8-22)15-14-28(29,18-25)24-5-4-6-26(17-24)33-2/h4-6,9-10,12,16-17,22,25H,7-8,11,13-15,18-20H2,1-3H3,(H,30,32)/b10-9+/t25-,28+,29+/m1/s1. The van der Waals surface area contributed by atoms with E-state index in [2.05, 4.69) is 28.4 Å². The SMILES string of the molecule is COc1cccc([C@@]23CCN(CC4CC4)C[C@@]2(OC)CC[C@@H](NC(=O)/C=C/c2ccoc2C)C3)c1. The molecule has 2 saturated carbocycles. The first-order chi connectivity index (χ1) is 17.0. The van der Waals surface area contributed by atoms with Crippen LogP contribution in [0, 0.1) is 12.8 Å². The minimum absolute atomic E-state index is 0.0625. The molecule has 0 radical (unpaired) electrons. The molecule has 0 unspecified atom stereocenters. The summed E-state index contributed by atoms with van der Waals surface area (Å²) >= 11 is 0. The molecule has 1 saturated heterocycles. The molecule has 5 rings (SSSR count). The van der Waals surface area contributed by atoms with Crippen molar-refractivity contribution in [2.24, 2.45) is 5.92 Å². The Morgan fingerprint density at radius 1 is 1.23 bits per heavy atom. The number of methoxy groups -OCH3 is 2. The Balaban J connectivity index is 1.40. The van der Waals surface area contributed by atoms with E-state index in [-0.39, 0.29) is 23.0 Å². The lowest BCUT2D eigenvalue weighted by molar-refractivity contribution is -0.150. The fourth-order valence-electron chi connectivity index (χ4n) is 6.44. The first kappa shape index (κ1) is 24.1. The summed E-state index contributed by atoms with van der Waals surface area (Å²) in [5, 5.41) is 3.29. The number of nitrogens with one attached hydrogen (secondary N) is 1. The van der Waals surface area contributed by atoms with Crippen molar-refractivity contribution in [1.82, 2.24) is 10.2 Å². The molecule has 1 aliphatic heterocycles. The lowest BCUT2D eigenvalue weighted by atomic mass is 9.55. The minimum atomic E-state index is -0.280. The van der Waals surface area contributed by atoms with Crippen molar-refractivity contribution in [1.29, 1.82) is 0 Å². The quantitative estimate of drug-likeness (QED) is 0.557. The topological polar surface area (TPSA) is 63.9 Å². The fraction of sp³-hybridized carbons (Fsp3) is 0.552. The predicted octanol–water partition coefficient (Wildman–Crippen LogP) is 4.72. The molecule has 6 nitrogen and oxygen atoms in total. The highest BCUT2D eigenvalue weighted by Gasteiger charge is 2.59. The van der Waals surface area contributed by atoms with Crippen LogP contribution in [0.5, 0.6) is 5.75 Å². The molecule has 2 aliphatic carbocycles. The Labute approximate surface area is 208 Å². The second kappa shape index (κ2) is 9.82. The maximum absolute atomic E-state index is 12.9. The summed E-state index contributed by atoms with van der Waals surface area (Å²) in [4.78, 5) is 15.5. The van der Waals surface area contributed by atoms with Crippen LogP contribution in [0.3, 0.4) is 0 Å². The smallest absolute Gasteiger partial charge is 0.244 e. The lowest BCUT2D eigenvalue weighted by Crippen LogP contribution is -2.68. The minimum Gasteiger partial charge on any atom is -0.497 e. The van der Waals surface area contributed by atoms with Crippen LogP contribution in [-0.2, 0) is 14.9 Å². The lowest BCUT2D eigenvalue weighted by Gasteiger charge is -2.60. The monoisotopic (exact) mass is 478 g/mol. The molecule has 0 bridgehead atoms. The number of amides is 1. The molecular weight excluding hydrogens is 440 g/mol. The molecule has 3 aliphatic rings. The van der Waals surface area contributed by atoms with Crippen LogP contribution in [0.1, 0.15) is 55.4 Å². The molecule has 3 atom stereocenters. The summed E-state index contributed by atoms with van der Waals surface area (Å²) in [5.74, 6) is 2.47. The first-order valence-corrected chi connectivity index (χ1v) is 12.9. The van der Waals surface area contributed by atoms with Crippen molar-refractivity contribution in [3.63, 3.8) is 0 Å². The molecule has 1 aromatic carbocycles. The third-order valence-corrected chi connectivity index (χ3v) is 8.58. The summed E-state index contributed by atoms with van der Waals surface area (Å²) < 4.78 is 17.4. The summed E-state index contributed by atoms with van der Waals surface area (Å²) in [7, 11) is 3.60. The van der Waals surface area contributed by atoms with Crippen LogP contribution in [0.25, 0.3) is 6.08 Å². The largest absolute Gasteiger partial charge is 0.497 e. The van der Waals surface area contributed by atoms with Crippen LogP contribution in [0.15, 0.2) is 47.1 Å². The zero-order chi connectivity index (χ0) is 24.5. The number of carbonyl (C=O) groups is 1. The number of carbonyl (C=O) groups excluding carboxylic acids is 1. The number of hydrogen-bond acceptors (Lipinski definition) is 5. The second-order valence-electron chi connectivity index (χ2n) is 10.7. The van der Waals surface area contributed by atoms with Crippen molar-refractivity contribution in [2.45, 2.75) is 62.5 Å². The summed E-state index contributed by atoms with van der Waals surface area (Å²) in [6.45, 7) is 5.07. The van der Waals surface area contributed by atoms with Crippen molar-refractivity contribution in [2.75, 3.05) is 33.9 Å². The van der Waals surface area contributed by atoms with E-state index in [1.54, 1.807) is 19.4 Å². The van der Waals surface area contributed by atoms with E-state index in [1.807, 2.05) is 32.2 Å². The third kappa shape index (κ3) is 4.78. The number of benzene rings is 1. The number of furan rings is 1. The molecular formula is C29H38N2O4. The van der Waals surface area contributed by atoms with E-state index in [0.29, 0.717) is 0 Å². The maximum Gasteiger partial charge on any atom is 0.244 e. The van der Waals surface area contributed by atoms with Crippen LogP contribution in [-0.4, -0.2) is 56.3 Å². The van der Waals surface area contributed by atoms with Gasteiger partial charge >= 0.3 is 0 Å². The van der Waals surface area contributed by atoms with Gasteiger partial charge in [-0.05, 0) is 87.7 Å². The molecule has 3 fully saturated rings. The number of likely N-dealkylation sites (tertiary alicyclic amines) is 1. The Morgan fingerprint density at radius 2 is 2.09 bits per heavy atom. The number of piperidine rings is 1. The van der Waals surface area contributed by atoms with Gasteiger partial charge in [0.15, 0.2) is 0 Å². The number of hydrogen-bond donors (Lipinski definition) is 1. The van der Waals surface area contributed by atoms with Crippen molar-refractivity contribution in [3.05, 3.63) is 59.6 Å². The highest BCUT2D eigenvalue weighted by atomic mass is 16.5. The highest BCUT2D eigenvalue weighted by molar-refractivity contribution is 5.92. The van der Waals surface area contributed by atoms with Crippen molar-refractivity contribution in [3.8, 4) is 5.75 Å². The van der Waals surface area contributed by atoms with Gasteiger partial charge in [-0.15, -0.1) is 0 Å². The number of ether oxygens (including phenoxy) is 2. The summed E-state index contributed by atoms with van der Waals surface area (Å²) in [6.07, 6.45) is 11.5. The van der Waals surface area contributed by atoms with Gasteiger partial charge in [0.25, 0.3) is 0 Å². The molecule has 6 heteroatoms. The number of rotatable bonds is 8. The predicted molar refractivity (Wildman–Crippen MR) is 136 cm³/mol. The molecule has 0 spiro atoms. The molecule has 35 heavy (non-hydrogen) atoms. The Morgan fingerprint density at radius 3 is 2.80 bits per heavy atom. The van der Waals surface area contributed by atoms with Crippen LogP contribution in [0.4, 0.5) is 0 Å². The Bertz CT molecular complexity index is 1070. The van der Waals surface area contributed by atoms with Crippen LogP contribution >= 0.6 is 0 Å². The molecule has 1 amide bonds. The summed E-state index contributed by atoms with van der Waals surface area (Å²) in [5.41, 5.74) is 1.72. The maximum atomic E-state index is 12.9. The average Bonchev–Trinajstić information content (AvgIpc) is 3.60. The van der Waals surface area contributed by atoms with Gasteiger partial charge in [0, 0.05) is 43.3 Å². The zero-order valence-corrected chi connectivity index (χ0v) is 21.2. The van der Waals surface area contributed by atoms with E-state index < -0.39 is 0 Å². The van der Waals surface area contributed by atoms with Gasteiger partial charge in [-0.3, -0.25) is 4.79 Å². The third-order valence-electron chi connectivity index (χ3n) is 8.58. The zero-order valence-electron chi connectivity index (χ0n) is 21.2. The van der Waals surface area contributed by atoms with Gasteiger partial charge in [-0.25, -0.2) is 0 Å². The molecule has 1 N–H and O–H groups in total. The average molecular weight is 479 g/mol.